The van der Waals surface area contributed by atoms with Crippen molar-refractivity contribution in [2.24, 2.45) is 0 Å². The summed E-state index contributed by atoms with van der Waals surface area (Å²) in [6, 6.07) is 23.1. The summed E-state index contributed by atoms with van der Waals surface area (Å²) in [5.74, 6) is 1.10. The first kappa shape index (κ1) is 18.5. The molecule has 26 heavy (non-hydrogen) atoms. The molecule has 0 spiro atoms. The molecule has 0 saturated heterocycles. The van der Waals surface area contributed by atoms with Gasteiger partial charge >= 0.3 is 0 Å². The molecule has 3 rings (SSSR count). The molecule has 1 unspecified atom stereocenters. The van der Waals surface area contributed by atoms with Crippen molar-refractivity contribution in [3.8, 4) is 0 Å². The van der Waals surface area contributed by atoms with Crippen LogP contribution in [0.3, 0.4) is 0 Å². The fourth-order valence-corrected chi connectivity index (χ4v) is 3.61. The molecule has 3 aromatic rings. The molecule has 0 aliphatic rings. The minimum absolute atomic E-state index is 0.0171. The average Bonchev–Trinajstić information content (AvgIpc) is 2.67. The van der Waals surface area contributed by atoms with Crippen LogP contribution in [0.2, 0.25) is 5.02 Å². The van der Waals surface area contributed by atoms with Gasteiger partial charge in [0.05, 0.1) is 17.5 Å². The number of carbonyl (C=O) groups excluding carboxylic acids is 1. The molecule has 1 atom stereocenters. The molecule has 1 N–H and O–H groups in total. The summed E-state index contributed by atoms with van der Waals surface area (Å²) in [6.07, 6.45) is 1.74. The van der Waals surface area contributed by atoms with Gasteiger partial charge in [0, 0.05) is 17.0 Å². The Balaban J connectivity index is 1.62. The molecule has 0 aliphatic heterocycles. The van der Waals surface area contributed by atoms with E-state index in [0.717, 1.165) is 22.6 Å². The van der Waals surface area contributed by atoms with Crippen LogP contribution in [0.5, 0.6) is 0 Å². The Bertz CT molecular complexity index is 803. The van der Waals surface area contributed by atoms with E-state index in [1.807, 2.05) is 72.8 Å². The van der Waals surface area contributed by atoms with Crippen LogP contribution < -0.4 is 5.32 Å². The van der Waals surface area contributed by atoms with Crippen LogP contribution in [0.4, 0.5) is 0 Å². The summed E-state index contributed by atoms with van der Waals surface area (Å²) in [7, 11) is 0. The van der Waals surface area contributed by atoms with Crippen molar-refractivity contribution >= 4 is 29.3 Å². The second kappa shape index (κ2) is 9.41. The van der Waals surface area contributed by atoms with E-state index in [4.69, 9.17) is 11.6 Å². The Hall–Kier alpha value is -2.30. The molecule has 3 nitrogen and oxygen atoms in total. The molecule has 0 saturated carbocycles. The number of aromatic nitrogens is 1. The largest absolute Gasteiger partial charge is 0.343 e. The molecule has 5 heteroatoms. The highest BCUT2D eigenvalue weighted by Crippen LogP contribution is 2.21. The van der Waals surface area contributed by atoms with E-state index in [2.05, 4.69) is 10.3 Å². The van der Waals surface area contributed by atoms with Crippen LogP contribution in [0.1, 0.15) is 22.9 Å². The topological polar surface area (TPSA) is 42.0 Å². The SMILES string of the molecule is O=C(CSCc1cccc(Cl)c1)NC(c1ccccc1)c1ccccn1. The number of nitrogens with one attached hydrogen (secondary N) is 1. The Morgan fingerprint density at radius 3 is 2.58 bits per heavy atom. The van der Waals surface area contributed by atoms with Crippen molar-refractivity contribution in [2.45, 2.75) is 11.8 Å². The monoisotopic (exact) mass is 382 g/mol. The summed E-state index contributed by atoms with van der Waals surface area (Å²) in [6.45, 7) is 0. The van der Waals surface area contributed by atoms with Gasteiger partial charge in [-0.3, -0.25) is 9.78 Å². The van der Waals surface area contributed by atoms with Gasteiger partial charge in [0.1, 0.15) is 0 Å². The van der Waals surface area contributed by atoms with Crippen LogP contribution in [-0.2, 0) is 10.5 Å². The molecule has 1 heterocycles. The van der Waals surface area contributed by atoms with E-state index in [0.29, 0.717) is 10.8 Å². The van der Waals surface area contributed by atoms with E-state index in [9.17, 15) is 4.79 Å². The summed E-state index contributed by atoms with van der Waals surface area (Å²) < 4.78 is 0. The molecular weight excluding hydrogens is 364 g/mol. The minimum atomic E-state index is -0.253. The zero-order chi connectivity index (χ0) is 18.2. The lowest BCUT2D eigenvalue weighted by Gasteiger charge is -2.18. The Morgan fingerprint density at radius 1 is 1.04 bits per heavy atom. The predicted octanol–water partition coefficient (Wildman–Crippen LogP) is 4.87. The number of nitrogens with zero attached hydrogens (tertiary/aromatic N) is 1. The van der Waals surface area contributed by atoms with Crippen molar-refractivity contribution in [3.63, 3.8) is 0 Å². The third-order valence-electron chi connectivity index (χ3n) is 3.81. The van der Waals surface area contributed by atoms with Gasteiger partial charge in [-0.2, -0.15) is 0 Å². The van der Waals surface area contributed by atoms with Crippen molar-refractivity contribution in [1.82, 2.24) is 10.3 Å². The minimum Gasteiger partial charge on any atom is -0.343 e. The summed E-state index contributed by atoms with van der Waals surface area (Å²) in [5, 5.41) is 3.81. The van der Waals surface area contributed by atoms with Crippen LogP contribution in [0.25, 0.3) is 0 Å². The van der Waals surface area contributed by atoms with E-state index in [1.165, 1.54) is 0 Å². The lowest BCUT2D eigenvalue weighted by Crippen LogP contribution is -2.31. The predicted molar refractivity (Wildman–Crippen MR) is 108 cm³/mol. The van der Waals surface area contributed by atoms with Crippen molar-refractivity contribution < 1.29 is 4.79 Å². The molecule has 1 amide bonds. The fourth-order valence-electron chi connectivity index (χ4n) is 2.61. The van der Waals surface area contributed by atoms with Crippen LogP contribution >= 0.6 is 23.4 Å². The lowest BCUT2D eigenvalue weighted by molar-refractivity contribution is -0.119. The average molecular weight is 383 g/mol. The van der Waals surface area contributed by atoms with Crippen LogP contribution in [-0.4, -0.2) is 16.6 Å². The van der Waals surface area contributed by atoms with Gasteiger partial charge in [-0.05, 0) is 35.4 Å². The highest BCUT2D eigenvalue weighted by atomic mass is 35.5. The van der Waals surface area contributed by atoms with Gasteiger partial charge in [-0.25, -0.2) is 0 Å². The Labute approximate surface area is 162 Å². The molecule has 0 fully saturated rings. The van der Waals surface area contributed by atoms with Gasteiger partial charge < -0.3 is 5.32 Å². The molecule has 2 aromatic carbocycles. The number of pyridine rings is 1. The molecule has 0 aliphatic carbocycles. The summed E-state index contributed by atoms with van der Waals surface area (Å²) in [5.41, 5.74) is 2.95. The third-order valence-corrected chi connectivity index (χ3v) is 5.05. The second-order valence-corrected chi connectivity index (χ2v) is 7.21. The number of hydrogen-bond acceptors (Lipinski definition) is 3. The maximum atomic E-state index is 12.5. The van der Waals surface area contributed by atoms with E-state index >= 15 is 0 Å². The van der Waals surface area contributed by atoms with Gasteiger partial charge in [-0.15, -0.1) is 11.8 Å². The quantitative estimate of drug-likeness (QED) is 0.633. The van der Waals surface area contributed by atoms with Crippen LogP contribution in [0, 0.1) is 0 Å². The van der Waals surface area contributed by atoms with E-state index < -0.39 is 0 Å². The van der Waals surface area contributed by atoms with Gasteiger partial charge in [0.15, 0.2) is 0 Å². The smallest absolute Gasteiger partial charge is 0.230 e. The molecule has 0 bridgehead atoms. The molecule has 1 aromatic heterocycles. The maximum Gasteiger partial charge on any atom is 0.230 e. The summed E-state index contributed by atoms with van der Waals surface area (Å²) in [4.78, 5) is 16.9. The number of benzene rings is 2. The molecule has 0 radical (unpaired) electrons. The number of rotatable bonds is 7. The first-order chi connectivity index (χ1) is 12.7. The Kier molecular flexibility index (Phi) is 6.69. The van der Waals surface area contributed by atoms with E-state index in [-0.39, 0.29) is 11.9 Å². The fraction of sp³-hybridized carbons (Fsp3) is 0.143. The third kappa shape index (κ3) is 5.35. The Morgan fingerprint density at radius 2 is 1.85 bits per heavy atom. The van der Waals surface area contributed by atoms with Crippen LogP contribution in [0.15, 0.2) is 79.0 Å². The number of amides is 1. The molecular formula is C21H19ClN2OS. The lowest BCUT2D eigenvalue weighted by atomic mass is 10.0. The van der Waals surface area contributed by atoms with Gasteiger partial charge in [0.25, 0.3) is 0 Å². The second-order valence-electron chi connectivity index (χ2n) is 5.79. The normalized spacial score (nSPS) is 11.7. The number of hydrogen-bond donors (Lipinski definition) is 1. The maximum absolute atomic E-state index is 12.5. The van der Waals surface area contributed by atoms with Gasteiger partial charge in [-0.1, -0.05) is 60.1 Å². The summed E-state index contributed by atoms with van der Waals surface area (Å²) >= 11 is 7.56. The highest BCUT2D eigenvalue weighted by Gasteiger charge is 2.17. The van der Waals surface area contributed by atoms with Gasteiger partial charge in [0.2, 0.25) is 5.91 Å². The number of thioether (sulfide) groups is 1. The zero-order valence-electron chi connectivity index (χ0n) is 14.1. The van der Waals surface area contributed by atoms with Crippen molar-refractivity contribution in [3.05, 3.63) is 101 Å². The first-order valence-corrected chi connectivity index (χ1v) is 9.83. The number of carbonyl (C=O) groups is 1. The van der Waals surface area contributed by atoms with Crippen molar-refractivity contribution in [1.29, 1.82) is 0 Å². The molecule has 132 valence electrons. The first-order valence-electron chi connectivity index (χ1n) is 8.30. The highest BCUT2D eigenvalue weighted by molar-refractivity contribution is 7.99. The van der Waals surface area contributed by atoms with Crippen molar-refractivity contribution in [2.75, 3.05) is 5.75 Å². The number of halogens is 1. The van der Waals surface area contributed by atoms with E-state index in [1.54, 1.807) is 18.0 Å². The zero-order valence-corrected chi connectivity index (χ0v) is 15.7. The standard InChI is InChI=1S/C21H19ClN2OS/c22-18-10-6-7-16(13-18)14-26-15-20(25)24-21(17-8-2-1-3-9-17)19-11-4-5-12-23-19/h1-13,21H,14-15H2,(H,24,25).